The summed E-state index contributed by atoms with van der Waals surface area (Å²) in [6.45, 7) is 3.11. The van der Waals surface area contributed by atoms with Gasteiger partial charge in [0.1, 0.15) is 11.4 Å². The molecular weight excluding hydrogens is 411 g/mol. The minimum absolute atomic E-state index is 0.126. The fourth-order valence-electron chi connectivity index (χ4n) is 2.90. The van der Waals surface area contributed by atoms with Gasteiger partial charge in [-0.1, -0.05) is 0 Å². The first kappa shape index (κ1) is 21.1. The van der Waals surface area contributed by atoms with E-state index in [2.05, 4.69) is 4.18 Å². The highest BCUT2D eigenvalue weighted by Gasteiger charge is 2.34. The summed E-state index contributed by atoms with van der Waals surface area (Å²) in [6, 6.07) is 5.72. The van der Waals surface area contributed by atoms with Crippen molar-refractivity contribution in [2.24, 2.45) is 0 Å². The molecule has 6 nitrogen and oxygen atoms in total. The smallest absolute Gasteiger partial charge is 0.416 e. The van der Waals surface area contributed by atoms with Crippen LogP contribution in [-0.2, 0) is 27.1 Å². The van der Waals surface area contributed by atoms with Crippen molar-refractivity contribution < 1.29 is 30.5 Å². The molecule has 0 saturated heterocycles. The Morgan fingerprint density at radius 3 is 2.45 bits per heavy atom. The Morgan fingerprint density at radius 2 is 1.86 bits per heavy atom. The van der Waals surface area contributed by atoms with Crippen LogP contribution in [0.3, 0.4) is 0 Å². The van der Waals surface area contributed by atoms with Crippen molar-refractivity contribution >= 4 is 15.8 Å². The van der Waals surface area contributed by atoms with Crippen molar-refractivity contribution in [2.45, 2.75) is 32.2 Å². The van der Waals surface area contributed by atoms with Crippen LogP contribution in [0.2, 0.25) is 0 Å². The van der Waals surface area contributed by atoms with Gasteiger partial charge in [-0.2, -0.15) is 21.6 Å². The second-order valence-corrected chi connectivity index (χ2v) is 8.80. The van der Waals surface area contributed by atoms with Crippen LogP contribution >= 0.6 is 0 Å². The predicted octanol–water partition coefficient (Wildman–Crippen LogP) is 3.40. The van der Waals surface area contributed by atoms with Crippen LogP contribution in [0.1, 0.15) is 30.5 Å². The summed E-state index contributed by atoms with van der Waals surface area (Å²) in [7, 11) is -3.68. The Labute approximate surface area is 165 Å². The fraction of sp³-hybridized carbons (Fsp3) is 0.316. The fourth-order valence-corrected chi connectivity index (χ4v) is 3.25. The summed E-state index contributed by atoms with van der Waals surface area (Å²) in [5.74, 6) is 0.219. The van der Waals surface area contributed by atoms with E-state index in [0.29, 0.717) is 5.56 Å². The summed E-state index contributed by atoms with van der Waals surface area (Å²) in [5, 5.41) is 0. The Morgan fingerprint density at radius 1 is 1.17 bits per heavy atom. The summed E-state index contributed by atoms with van der Waals surface area (Å²) in [6.07, 6.45) is -0.743. The van der Waals surface area contributed by atoms with E-state index >= 15 is 0 Å². The molecular formula is C19H18F3NO5S. The van der Waals surface area contributed by atoms with Gasteiger partial charge in [0.2, 0.25) is 0 Å². The van der Waals surface area contributed by atoms with Crippen molar-refractivity contribution in [1.29, 1.82) is 0 Å². The zero-order valence-corrected chi connectivity index (χ0v) is 16.6. The molecule has 1 aliphatic rings. The Hall–Kier alpha value is -2.59. The molecule has 1 aromatic heterocycles. The molecule has 2 heterocycles. The van der Waals surface area contributed by atoms with E-state index in [9.17, 15) is 26.4 Å². The highest BCUT2D eigenvalue weighted by molar-refractivity contribution is 7.85. The van der Waals surface area contributed by atoms with Crippen LogP contribution in [0.5, 0.6) is 5.75 Å². The number of rotatable bonds is 4. The van der Waals surface area contributed by atoms with Gasteiger partial charge < -0.3 is 4.74 Å². The SMILES string of the molecule is CC1(C)C=C(n2ccc(COS(C)(=O)=O)cc2=O)c2cc(C(F)(F)F)ccc2O1. The molecule has 0 radical (unpaired) electrons. The molecule has 2 aromatic rings. The lowest BCUT2D eigenvalue weighted by molar-refractivity contribution is -0.137. The lowest BCUT2D eigenvalue weighted by Crippen LogP contribution is -2.32. The largest absolute Gasteiger partial charge is 0.483 e. The quantitative estimate of drug-likeness (QED) is 0.697. The monoisotopic (exact) mass is 429 g/mol. The van der Waals surface area contributed by atoms with E-state index in [0.717, 1.165) is 18.4 Å². The third-order valence-electron chi connectivity index (χ3n) is 4.12. The molecule has 3 rings (SSSR count). The first-order chi connectivity index (χ1) is 13.3. The Kier molecular flexibility index (Phi) is 5.12. The number of alkyl halides is 3. The highest BCUT2D eigenvalue weighted by Crippen LogP contribution is 2.40. The van der Waals surface area contributed by atoms with E-state index < -0.39 is 33.0 Å². The molecule has 29 heavy (non-hydrogen) atoms. The van der Waals surface area contributed by atoms with E-state index in [4.69, 9.17) is 4.74 Å². The molecule has 0 spiro atoms. The Bertz CT molecular complexity index is 1150. The molecule has 0 N–H and O–H groups in total. The summed E-state index contributed by atoms with van der Waals surface area (Å²) in [4.78, 5) is 12.6. The molecule has 0 saturated carbocycles. The van der Waals surface area contributed by atoms with Gasteiger partial charge in [0.25, 0.3) is 15.7 Å². The molecule has 1 aromatic carbocycles. The van der Waals surface area contributed by atoms with Crippen LogP contribution in [-0.4, -0.2) is 24.8 Å². The topological polar surface area (TPSA) is 74.6 Å². The molecule has 0 aliphatic carbocycles. The summed E-state index contributed by atoms with van der Waals surface area (Å²) >= 11 is 0. The summed E-state index contributed by atoms with van der Waals surface area (Å²) < 4.78 is 73.3. The molecule has 0 amide bonds. The predicted molar refractivity (Wildman–Crippen MR) is 99.9 cm³/mol. The molecule has 1 aliphatic heterocycles. The second kappa shape index (κ2) is 7.03. The maximum absolute atomic E-state index is 13.2. The van der Waals surface area contributed by atoms with Gasteiger partial charge in [-0.25, -0.2) is 0 Å². The first-order valence-corrected chi connectivity index (χ1v) is 10.3. The molecule has 0 fully saturated rings. The van der Waals surface area contributed by atoms with Crippen LogP contribution < -0.4 is 10.3 Å². The third-order valence-corrected chi connectivity index (χ3v) is 4.67. The van der Waals surface area contributed by atoms with Crippen molar-refractivity contribution in [2.75, 3.05) is 6.26 Å². The van der Waals surface area contributed by atoms with Crippen molar-refractivity contribution in [3.8, 4) is 5.75 Å². The number of ether oxygens (including phenoxy) is 1. The maximum Gasteiger partial charge on any atom is 0.416 e. The van der Waals surface area contributed by atoms with E-state index in [-0.39, 0.29) is 23.6 Å². The first-order valence-electron chi connectivity index (χ1n) is 8.45. The molecule has 0 bridgehead atoms. The van der Waals surface area contributed by atoms with Gasteiger partial charge in [0.15, 0.2) is 0 Å². The second-order valence-electron chi connectivity index (χ2n) is 7.15. The van der Waals surface area contributed by atoms with Gasteiger partial charge in [0.05, 0.1) is 24.1 Å². The van der Waals surface area contributed by atoms with E-state index in [1.165, 1.54) is 29.0 Å². The number of aromatic nitrogens is 1. The van der Waals surface area contributed by atoms with Gasteiger partial charge in [0, 0.05) is 17.8 Å². The maximum atomic E-state index is 13.2. The number of pyridine rings is 1. The highest BCUT2D eigenvalue weighted by atomic mass is 32.2. The average molecular weight is 429 g/mol. The number of hydrogen-bond donors (Lipinski definition) is 0. The molecule has 0 atom stereocenters. The van der Waals surface area contributed by atoms with E-state index in [1.807, 2.05) is 0 Å². The molecule has 10 heteroatoms. The number of halogens is 3. The van der Waals surface area contributed by atoms with Crippen molar-refractivity contribution in [1.82, 2.24) is 4.57 Å². The number of fused-ring (bicyclic) bond motifs is 1. The van der Waals surface area contributed by atoms with E-state index in [1.54, 1.807) is 19.9 Å². The summed E-state index contributed by atoms with van der Waals surface area (Å²) in [5.41, 5.74) is -1.60. The van der Waals surface area contributed by atoms with Gasteiger partial charge in [-0.15, -0.1) is 0 Å². The van der Waals surface area contributed by atoms with Crippen LogP contribution in [0.25, 0.3) is 5.70 Å². The third kappa shape index (κ3) is 4.88. The number of hydrogen-bond acceptors (Lipinski definition) is 5. The zero-order valence-electron chi connectivity index (χ0n) is 15.8. The molecule has 0 unspecified atom stereocenters. The number of benzene rings is 1. The minimum Gasteiger partial charge on any atom is -0.483 e. The minimum atomic E-state index is -4.55. The normalized spacial score (nSPS) is 16.0. The van der Waals surface area contributed by atoms with Crippen LogP contribution in [0.4, 0.5) is 13.2 Å². The molecule has 156 valence electrons. The number of nitrogens with zero attached hydrogens (tertiary/aromatic N) is 1. The standard InChI is InChI=1S/C19H18F3NO5S/c1-18(2)10-15(14-9-13(19(20,21)22)4-5-16(14)28-18)23-7-6-12(8-17(23)24)11-27-29(3,25)26/h4-10H,11H2,1-3H3. The lowest BCUT2D eigenvalue weighted by Gasteiger charge is -2.32. The van der Waals surface area contributed by atoms with Crippen molar-refractivity contribution in [3.63, 3.8) is 0 Å². The van der Waals surface area contributed by atoms with Gasteiger partial charge in [-0.05, 0) is 49.8 Å². The average Bonchev–Trinajstić information content (AvgIpc) is 2.57. The van der Waals surface area contributed by atoms with Crippen molar-refractivity contribution in [3.05, 3.63) is 69.6 Å². The van der Waals surface area contributed by atoms with Crippen LogP contribution in [0, 0.1) is 0 Å². The van der Waals surface area contributed by atoms with Crippen LogP contribution in [0.15, 0.2) is 47.4 Å². The lowest BCUT2D eigenvalue weighted by atomic mass is 9.97. The Balaban J connectivity index is 2.08. The van der Waals surface area contributed by atoms with Gasteiger partial charge in [-0.3, -0.25) is 13.5 Å². The zero-order chi connectivity index (χ0) is 21.6. The van der Waals surface area contributed by atoms with Gasteiger partial charge >= 0.3 is 6.18 Å².